The lowest BCUT2D eigenvalue weighted by Crippen LogP contribution is -2.24. The molecule has 0 fully saturated rings. The Morgan fingerprint density at radius 2 is 1.81 bits per heavy atom. The Bertz CT molecular complexity index is 1140. The fraction of sp³-hybridized carbons (Fsp3) is 0.105. The number of sulfone groups is 1. The van der Waals surface area contributed by atoms with E-state index in [1.807, 2.05) is 0 Å². The van der Waals surface area contributed by atoms with E-state index >= 15 is 0 Å². The van der Waals surface area contributed by atoms with Crippen molar-refractivity contribution in [3.63, 3.8) is 0 Å². The predicted molar refractivity (Wildman–Crippen MR) is 97.7 cm³/mol. The largest absolute Gasteiger partial charge is 0.324 e. The Labute approximate surface area is 158 Å². The number of carbonyl (C=O) groups is 1. The van der Waals surface area contributed by atoms with Gasteiger partial charge >= 0.3 is 0 Å². The zero-order valence-electron chi connectivity index (χ0n) is 13.8. The Morgan fingerprint density at radius 1 is 1.07 bits per heavy atom. The molecule has 2 heterocycles. The normalized spacial score (nSPS) is 16.7. The first kappa shape index (κ1) is 17.8. The van der Waals surface area contributed by atoms with Crippen molar-refractivity contribution in [1.82, 2.24) is 0 Å². The molecule has 0 saturated heterocycles. The van der Waals surface area contributed by atoms with Gasteiger partial charge in [-0.25, -0.2) is 17.2 Å². The van der Waals surface area contributed by atoms with Crippen LogP contribution in [-0.4, -0.2) is 14.3 Å². The van der Waals surface area contributed by atoms with Crippen LogP contribution in [0.15, 0.2) is 63.7 Å². The maximum atomic E-state index is 14.3. The van der Waals surface area contributed by atoms with Crippen LogP contribution in [0.25, 0.3) is 0 Å². The van der Waals surface area contributed by atoms with Crippen molar-refractivity contribution in [3.8, 4) is 0 Å². The Morgan fingerprint density at radius 3 is 2.56 bits per heavy atom. The van der Waals surface area contributed by atoms with E-state index < -0.39 is 33.3 Å². The van der Waals surface area contributed by atoms with Gasteiger partial charge in [-0.05, 0) is 35.9 Å². The van der Waals surface area contributed by atoms with Crippen LogP contribution in [0.4, 0.5) is 14.5 Å². The maximum absolute atomic E-state index is 14.3. The number of anilines is 1. The molecular formula is C19H13F2NO3S2. The van der Waals surface area contributed by atoms with Crippen molar-refractivity contribution in [3.05, 3.63) is 76.0 Å². The summed E-state index contributed by atoms with van der Waals surface area (Å²) >= 11 is 1.11. The van der Waals surface area contributed by atoms with Gasteiger partial charge in [-0.15, -0.1) is 11.3 Å². The van der Waals surface area contributed by atoms with Crippen LogP contribution in [0, 0.1) is 11.6 Å². The van der Waals surface area contributed by atoms with Gasteiger partial charge in [0.25, 0.3) is 0 Å². The minimum atomic E-state index is -3.86. The second-order valence-corrected chi connectivity index (χ2v) is 8.96. The molecule has 0 unspecified atom stereocenters. The second kappa shape index (κ2) is 6.54. The van der Waals surface area contributed by atoms with Crippen LogP contribution in [0.3, 0.4) is 0 Å². The summed E-state index contributed by atoms with van der Waals surface area (Å²) in [5.41, 5.74) is 0.186. The Kier molecular flexibility index (Phi) is 4.32. The standard InChI is InChI=1S/C19H13F2NO3S2/c20-11-6-7-15(21)13(8-11)14-9-17(23)22-18-16(10-26-19(14)18)27(24,25)12-4-2-1-3-5-12/h1-8,10,14H,9H2,(H,22,23)/t14-/m1/s1. The molecular weight excluding hydrogens is 392 g/mol. The topological polar surface area (TPSA) is 63.2 Å². The number of nitrogens with one attached hydrogen (secondary N) is 1. The van der Waals surface area contributed by atoms with E-state index in [0.717, 1.165) is 29.5 Å². The zero-order valence-corrected chi connectivity index (χ0v) is 15.4. The lowest BCUT2D eigenvalue weighted by Gasteiger charge is -2.24. The van der Waals surface area contributed by atoms with Crippen LogP contribution >= 0.6 is 11.3 Å². The molecule has 0 bridgehead atoms. The minimum absolute atomic E-state index is 0.0384. The van der Waals surface area contributed by atoms with Crippen LogP contribution in [-0.2, 0) is 14.6 Å². The van der Waals surface area contributed by atoms with Gasteiger partial charge in [-0.3, -0.25) is 4.79 Å². The summed E-state index contributed by atoms with van der Waals surface area (Å²) < 4.78 is 53.8. The zero-order chi connectivity index (χ0) is 19.2. The van der Waals surface area contributed by atoms with Crippen molar-refractivity contribution in [2.45, 2.75) is 22.1 Å². The molecule has 138 valence electrons. The van der Waals surface area contributed by atoms with Gasteiger partial charge in [0, 0.05) is 22.6 Å². The third-order valence-electron chi connectivity index (χ3n) is 4.43. The van der Waals surface area contributed by atoms with Crippen LogP contribution in [0.2, 0.25) is 0 Å². The molecule has 4 rings (SSSR count). The molecule has 0 radical (unpaired) electrons. The molecule has 27 heavy (non-hydrogen) atoms. The first-order valence-electron chi connectivity index (χ1n) is 8.04. The second-order valence-electron chi connectivity index (χ2n) is 6.13. The van der Waals surface area contributed by atoms with Gasteiger partial charge in [0.05, 0.1) is 10.6 Å². The van der Waals surface area contributed by atoms with Crippen molar-refractivity contribution in [2.75, 3.05) is 5.32 Å². The molecule has 0 aliphatic carbocycles. The number of carbonyl (C=O) groups excluding carboxylic acids is 1. The number of hydrogen-bond donors (Lipinski definition) is 1. The molecule has 1 atom stereocenters. The van der Waals surface area contributed by atoms with E-state index in [4.69, 9.17) is 0 Å². The van der Waals surface area contributed by atoms with Gasteiger partial charge in [0.2, 0.25) is 15.7 Å². The van der Waals surface area contributed by atoms with Crippen molar-refractivity contribution in [1.29, 1.82) is 0 Å². The predicted octanol–water partition coefficient (Wildman–Crippen LogP) is 4.33. The van der Waals surface area contributed by atoms with Crippen molar-refractivity contribution < 1.29 is 22.0 Å². The van der Waals surface area contributed by atoms with E-state index in [0.29, 0.717) is 4.88 Å². The molecule has 1 aromatic heterocycles. The number of hydrogen-bond acceptors (Lipinski definition) is 4. The Hall–Kier alpha value is -2.58. The monoisotopic (exact) mass is 405 g/mol. The summed E-state index contributed by atoms with van der Waals surface area (Å²) in [4.78, 5) is 12.8. The molecule has 0 spiro atoms. The minimum Gasteiger partial charge on any atom is -0.324 e. The van der Waals surface area contributed by atoms with Crippen LogP contribution < -0.4 is 5.32 Å². The van der Waals surface area contributed by atoms with E-state index in [1.165, 1.54) is 17.5 Å². The summed E-state index contributed by atoms with van der Waals surface area (Å²) in [5, 5.41) is 4.03. The van der Waals surface area contributed by atoms with Crippen molar-refractivity contribution >= 4 is 32.8 Å². The first-order chi connectivity index (χ1) is 12.9. The van der Waals surface area contributed by atoms with Crippen molar-refractivity contribution in [2.24, 2.45) is 0 Å². The summed E-state index contributed by atoms with van der Waals surface area (Å²) in [5.74, 6) is -2.44. The van der Waals surface area contributed by atoms with Gasteiger partial charge in [-0.1, -0.05) is 18.2 Å². The number of amides is 1. The average Bonchev–Trinajstić information content (AvgIpc) is 3.08. The highest BCUT2D eigenvalue weighted by Gasteiger charge is 2.35. The van der Waals surface area contributed by atoms with Gasteiger partial charge in [0.1, 0.15) is 16.5 Å². The molecule has 4 nitrogen and oxygen atoms in total. The number of rotatable bonds is 3. The highest BCUT2D eigenvalue weighted by atomic mass is 32.2. The molecule has 1 N–H and O–H groups in total. The van der Waals surface area contributed by atoms with E-state index in [9.17, 15) is 22.0 Å². The molecule has 3 aromatic rings. The van der Waals surface area contributed by atoms with Crippen LogP contribution in [0.1, 0.15) is 22.8 Å². The summed E-state index contributed by atoms with van der Waals surface area (Å²) in [6, 6.07) is 10.9. The maximum Gasteiger partial charge on any atom is 0.225 e. The molecule has 1 aliphatic rings. The third-order valence-corrected chi connectivity index (χ3v) is 7.47. The smallest absolute Gasteiger partial charge is 0.225 e. The molecule has 1 aliphatic heterocycles. The summed E-state index contributed by atoms with van der Waals surface area (Å²) in [6.45, 7) is 0. The molecule has 0 saturated carbocycles. The number of fused-ring (bicyclic) bond motifs is 1. The fourth-order valence-electron chi connectivity index (χ4n) is 3.16. The highest BCUT2D eigenvalue weighted by molar-refractivity contribution is 7.91. The number of thiophene rings is 1. The summed E-state index contributed by atoms with van der Waals surface area (Å²) in [7, 11) is -3.86. The van der Waals surface area contributed by atoms with Gasteiger partial charge in [0.15, 0.2) is 0 Å². The third kappa shape index (κ3) is 3.04. The lowest BCUT2D eigenvalue weighted by molar-refractivity contribution is -0.116. The van der Waals surface area contributed by atoms with Gasteiger partial charge < -0.3 is 5.32 Å². The fourth-order valence-corrected chi connectivity index (χ4v) is 6.08. The van der Waals surface area contributed by atoms with E-state index in [2.05, 4.69) is 5.32 Å². The number of benzene rings is 2. The quantitative estimate of drug-likeness (QED) is 0.705. The Balaban J connectivity index is 1.87. The SMILES string of the molecule is O=C1C[C@H](c2cc(F)ccc2F)c2scc(S(=O)(=O)c3ccccc3)c2N1. The molecule has 2 aromatic carbocycles. The van der Waals surface area contributed by atoms with E-state index in [1.54, 1.807) is 18.2 Å². The summed E-state index contributed by atoms with van der Waals surface area (Å²) in [6.07, 6.45) is -0.0846. The first-order valence-corrected chi connectivity index (χ1v) is 10.4. The van der Waals surface area contributed by atoms with E-state index in [-0.39, 0.29) is 27.5 Å². The van der Waals surface area contributed by atoms with Gasteiger partial charge in [-0.2, -0.15) is 0 Å². The highest BCUT2D eigenvalue weighted by Crippen LogP contribution is 2.46. The lowest BCUT2D eigenvalue weighted by atomic mass is 9.90. The van der Waals surface area contributed by atoms with Crippen LogP contribution in [0.5, 0.6) is 0 Å². The number of halogens is 2. The molecule has 1 amide bonds. The average molecular weight is 405 g/mol. The molecule has 8 heteroatoms.